The number of benzene rings is 2. The first-order chi connectivity index (χ1) is 16.8. The predicted molar refractivity (Wildman–Crippen MR) is 128 cm³/mol. The van der Waals surface area contributed by atoms with E-state index in [2.05, 4.69) is 0 Å². The molecule has 0 bridgehead atoms. The van der Waals surface area contributed by atoms with Crippen LogP contribution in [0.3, 0.4) is 0 Å². The van der Waals surface area contributed by atoms with Crippen LogP contribution in [0.2, 0.25) is 0 Å². The SMILES string of the molecule is Cc1cc(C(=O)COC(=O)/C=C/c2ccccc2[N+](=O)[O-])c(C)n1C[C@H]1COc2ccccc2O1. The third kappa shape index (κ3) is 5.40. The van der Waals surface area contributed by atoms with Gasteiger partial charge in [0.2, 0.25) is 5.78 Å². The van der Waals surface area contributed by atoms with Crippen molar-refractivity contribution in [1.29, 1.82) is 0 Å². The van der Waals surface area contributed by atoms with Crippen LogP contribution in [0.15, 0.2) is 60.7 Å². The number of hydrogen-bond acceptors (Lipinski definition) is 7. The lowest BCUT2D eigenvalue weighted by atomic mass is 10.1. The minimum Gasteiger partial charge on any atom is -0.486 e. The first-order valence-electron chi connectivity index (χ1n) is 11.0. The van der Waals surface area contributed by atoms with Crippen molar-refractivity contribution in [3.05, 3.63) is 93.3 Å². The van der Waals surface area contributed by atoms with Gasteiger partial charge in [0, 0.05) is 29.1 Å². The molecule has 1 atom stereocenters. The zero-order valence-electron chi connectivity index (χ0n) is 19.3. The Kier molecular flexibility index (Phi) is 6.96. The maximum atomic E-state index is 12.7. The number of aromatic nitrogens is 1. The van der Waals surface area contributed by atoms with Gasteiger partial charge in [-0.15, -0.1) is 0 Å². The molecule has 2 heterocycles. The van der Waals surface area contributed by atoms with Crippen LogP contribution in [0.5, 0.6) is 11.5 Å². The molecule has 0 aliphatic carbocycles. The van der Waals surface area contributed by atoms with Crippen LogP contribution in [-0.2, 0) is 16.1 Å². The summed E-state index contributed by atoms with van der Waals surface area (Å²) >= 11 is 0. The summed E-state index contributed by atoms with van der Waals surface area (Å²) in [5.74, 6) is 0.279. The number of carbonyl (C=O) groups excluding carboxylic acids is 2. The van der Waals surface area contributed by atoms with E-state index < -0.39 is 17.5 Å². The molecule has 4 rings (SSSR count). The number of para-hydroxylation sites is 3. The summed E-state index contributed by atoms with van der Waals surface area (Å²) < 4.78 is 18.9. The fourth-order valence-corrected chi connectivity index (χ4v) is 3.94. The number of ketones is 1. The third-order valence-electron chi connectivity index (χ3n) is 5.71. The fraction of sp³-hybridized carbons (Fsp3) is 0.231. The van der Waals surface area contributed by atoms with Crippen LogP contribution in [0.1, 0.15) is 27.3 Å². The molecule has 1 aliphatic heterocycles. The van der Waals surface area contributed by atoms with Crippen LogP contribution in [0, 0.1) is 24.0 Å². The molecule has 9 heteroatoms. The van der Waals surface area contributed by atoms with E-state index in [1.54, 1.807) is 12.1 Å². The maximum Gasteiger partial charge on any atom is 0.331 e. The van der Waals surface area contributed by atoms with E-state index >= 15 is 0 Å². The molecule has 1 aromatic heterocycles. The van der Waals surface area contributed by atoms with Gasteiger partial charge in [-0.05, 0) is 44.2 Å². The van der Waals surface area contributed by atoms with Gasteiger partial charge in [-0.1, -0.05) is 24.3 Å². The lowest BCUT2D eigenvalue weighted by Gasteiger charge is -2.27. The zero-order chi connectivity index (χ0) is 24.9. The molecule has 0 unspecified atom stereocenters. The van der Waals surface area contributed by atoms with Gasteiger partial charge >= 0.3 is 5.97 Å². The van der Waals surface area contributed by atoms with Gasteiger partial charge in [0.05, 0.1) is 17.0 Å². The van der Waals surface area contributed by atoms with E-state index in [-0.39, 0.29) is 23.1 Å². The number of rotatable bonds is 8. The van der Waals surface area contributed by atoms with Crippen molar-refractivity contribution < 1.29 is 28.7 Å². The van der Waals surface area contributed by atoms with Gasteiger partial charge in [-0.2, -0.15) is 0 Å². The second kappa shape index (κ2) is 10.3. The molecule has 0 fully saturated rings. The maximum absolute atomic E-state index is 12.7. The van der Waals surface area contributed by atoms with E-state index in [9.17, 15) is 19.7 Å². The Hall–Kier alpha value is -4.40. The normalized spacial score (nSPS) is 14.6. The van der Waals surface area contributed by atoms with E-state index in [1.165, 1.54) is 24.3 Å². The van der Waals surface area contributed by atoms with E-state index in [1.807, 2.05) is 42.7 Å². The molecule has 35 heavy (non-hydrogen) atoms. The molecule has 0 amide bonds. The first kappa shape index (κ1) is 23.7. The van der Waals surface area contributed by atoms with Crippen LogP contribution in [-0.4, -0.2) is 40.6 Å². The highest BCUT2D eigenvalue weighted by atomic mass is 16.6. The van der Waals surface area contributed by atoms with Crippen LogP contribution in [0.25, 0.3) is 6.08 Å². The first-order valence-corrected chi connectivity index (χ1v) is 11.0. The van der Waals surface area contributed by atoms with Crippen molar-refractivity contribution in [3.63, 3.8) is 0 Å². The Balaban J connectivity index is 1.37. The summed E-state index contributed by atoms with van der Waals surface area (Å²) in [7, 11) is 0. The molecule has 9 nitrogen and oxygen atoms in total. The molecular formula is C26H24N2O7. The van der Waals surface area contributed by atoms with Crippen molar-refractivity contribution >= 4 is 23.5 Å². The smallest absolute Gasteiger partial charge is 0.331 e. The summed E-state index contributed by atoms with van der Waals surface area (Å²) in [5, 5.41) is 11.1. The van der Waals surface area contributed by atoms with Crippen molar-refractivity contribution in [3.8, 4) is 11.5 Å². The number of nitrogens with zero attached hydrogens (tertiary/aromatic N) is 2. The van der Waals surface area contributed by atoms with Gasteiger partial charge in [-0.25, -0.2) is 4.79 Å². The lowest BCUT2D eigenvalue weighted by molar-refractivity contribution is -0.385. The molecule has 0 saturated heterocycles. The van der Waals surface area contributed by atoms with Crippen molar-refractivity contribution in [2.45, 2.75) is 26.5 Å². The highest BCUT2D eigenvalue weighted by molar-refractivity contribution is 6.00. The summed E-state index contributed by atoms with van der Waals surface area (Å²) in [5.41, 5.74) is 2.20. The Labute approximate surface area is 201 Å². The second-order valence-electron chi connectivity index (χ2n) is 8.07. The molecule has 2 aromatic carbocycles. The molecule has 0 radical (unpaired) electrons. The number of nitro groups is 1. The largest absolute Gasteiger partial charge is 0.486 e. The minimum atomic E-state index is -0.767. The number of Topliss-reactive ketones (excluding diaryl/α,β-unsaturated/α-hetero) is 1. The van der Waals surface area contributed by atoms with Gasteiger partial charge < -0.3 is 18.8 Å². The molecule has 1 aliphatic rings. The van der Waals surface area contributed by atoms with E-state index in [0.29, 0.717) is 30.2 Å². The van der Waals surface area contributed by atoms with Gasteiger partial charge in [0.15, 0.2) is 24.2 Å². The predicted octanol–water partition coefficient (Wildman–Crippen LogP) is 4.29. The van der Waals surface area contributed by atoms with Crippen molar-refractivity contribution in [2.75, 3.05) is 13.2 Å². The Morgan fingerprint density at radius 2 is 1.86 bits per heavy atom. The average Bonchev–Trinajstić information content (AvgIpc) is 3.14. The lowest BCUT2D eigenvalue weighted by Crippen LogP contribution is -2.33. The Bertz CT molecular complexity index is 1310. The molecule has 0 N–H and O–H groups in total. The average molecular weight is 476 g/mol. The third-order valence-corrected chi connectivity index (χ3v) is 5.71. The fourth-order valence-electron chi connectivity index (χ4n) is 3.94. The standard InChI is InChI=1S/C26H24N2O7/c1-17-13-21(18(2)27(17)14-20-15-33-24-9-5-6-10-25(24)35-20)23(29)16-34-26(30)12-11-19-7-3-4-8-22(19)28(31)32/h3-13,20H,14-16H2,1-2H3/b12-11+/t20-/m0/s1. The highest BCUT2D eigenvalue weighted by Crippen LogP contribution is 2.31. The van der Waals surface area contributed by atoms with Crippen LogP contribution >= 0.6 is 0 Å². The van der Waals surface area contributed by atoms with E-state index in [4.69, 9.17) is 14.2 Å². The number of carbonyl (C=O) groups is 2. The Morgan fingerprint density at radius 1 is 1.14 bits per heavy atom. The minimum absolute atomic E-state index is 0.129. The number of nitro benzene ring substituents is 1. The second-order valence-corrected chi connectivity index (χ2v) is 8.07. The number of esters is 1. The molecule has 0 saturated carbocycles. The number of hydrogen-bond donors (Lipinski definition) is 0. The van der Waals surface area contributed by atoms with E-state index in [0.717, 1.165) is 17.5 Å². The summed E-state index contributed by atoms with van der Waals surface area (Å²) in [4.78, 5) is 35.4. The van der Waals surface area contributed by atoms with Gasteiger partial charge in [0.1, 0.15) is 6.61 Å². The van der Waals surface area contributed by atoms with Crippen LogP contribution in [0.4, 0.5) is 5.69 Å². The highest BCUT2D eigenvalue weighted by Gasteiger charge is 2.24. The summed E-state index contributed by atoms with van der Waals surface area (Å²) in [6.45, 7) is 4.16. The number of ether oxygens (including phenoxy) is 3. The Morgan fingerprint density at radius 3 is 2.63 bits per heavy atom. The quantitative estimate of drug-likeness (QED) is 0.157. The van der Waals surface area contributed by atoms with Crippen LogP contribution < -0.4 is 9.47 Å². The summed E-state index contributed by atoms with van der Waals surface area (Å²) in [6.07, 6.45) is 2.14. The molecule has 0 spiro atoms. The van der Waals surface area contributed by atoms with Gasteiger partial charge in [-0.3, -0.25) is 14.9 Å². The molecule has 3 aromatic rings. The summed E-state index contributed by atoms with van der Waals surface area (Å²) in [6, 6.07) is 15.2. The monoisotopic (exact) mass is 476 g/mol. The zero-order valence-corrected chi connectivity index (χ0v) is 19.3. The van der Waals surface area contributed by atoms with Crippen molar-refractivity contribution in [1.82, 2.24) is 4.57 Å². The van der Waals surface area contributed by atoms with Gasteiger partial charge in [0.25, 0.3) is 5.69 Å². The number of fused-ring (bicyclic) bond motifs is 1. The number of aryl methyl sites for hydroxylation is 1. The van der Waals surface area contributed by atoms with Crippen molar-refractivity contribution in [2.24, 2.45) is 0 Å². The molecule has 180 valence electrons. The topological polar surface area (TPSA) is 110 Å². The molecular weight excluding hydrogens is 452 g/mol.